The van der Waals surface area contributed by atoms with Crippen molar-refractivity contribution in [1.82, 2.24) is 15.4 Å². The predicted octanol–water partition coefficient (Wildman–Crippen LogP) is 3.90. The maximum absolute atomic E-state index is 11.0. The van der Waals surface area contributed by atoms with Crippen LogP contribution in [0.15, 0.2) is 18.2 Å². The number of ether oxygens (including phenoxy) is 2. The molecule has 13 heteroatoms. The highest BCUT2D eigenvalue weighted by Crippen LogP contribution is 2.34. The molecule has 2 aromatic rings. The number of aromatic carboxylic acids is 1. The number of alkyl halides is 3. The van der Waals surface area contributed by atoms with Gasteiger partial charge in [-0.25, -0.2) is 14.7 Å². The molecule has 0 aliphatic heterocycles. The molecule has 0 saturated heterocycles. The van der Waals surface area contributed by atoms with Gasteiger partial charge in [-0.15, -0.1) is 0 Å². The number of aromatic nitrogens is 3. The number of rotatable bonds is 5. The zero-order valence-corrected chi connectivity index (χ0v) is 15.3. The second-order valence-electron chi connectivity index (χ2n) is 5.82. The highest BCUT2D eigenvalue weighted by Gasteiger charge is 2.38. The first kappa shape index (κ1) is 22.3. The van der Waals surface area contributed by atoms with Gasteiger partial charge in [0.05, 0.1) is 11.1 Å². The van der Waals surface area contributed by atoms with Crippen LogP contribution in [-0.2, 0) is 4.79 Å². The van der Waals surface area contributed by atoms with E-state index in [1.807, 2.05) is 0 Å². The quantitative estimate of drug-likeness (QED) is 0.641. The molecule has 0 atom stereocenters. The minimum absolute atomic E-state index is 0.110. The summed E-state index contributed by atoms with van der Waals surface area (Å²) in [6.07, 6.45) is -0.602. The van der Waals surface area contributed by atoms with E-state index in [0.29, 0.717) is 16.5 Å². The van der Waals surface area contributed by atoms with Crippen molar-refractivity contribution < 1.29 is 42.4 Å². The van der Waals surface area contributed by atoms with Gasteiger partial charge in [-0.2, -0.15) is 13.2 Å². The van der Waals surface area contributed by atoms with Crippen LogP contribution in [0.1, 0.15) is 36.2 Å². The summed E-state index contributed by atoms with van der Waals surface area (Å²) in [4.78, 5) is 19.9. The maximum atomic E-state index is 11.0. The first-order chi connectivity index (χ1) is 13.6. The van der Waals surface area contributed by atoms with Crippen molar-refractivity contribution in [2.45, 2.75) is 38.0 Å². The van der Waals surface area contributed by atoms with Crippen molar-refractivity contribution in [1.29, 1.82) is 0 Å². The largest absolute Gasteiger partial charge is 0.490 e. The van der Waals surface area contributed by atoms with Crippen LogP contribution in [0.5, 0.6) is 17.4 Å². The molecule has 3 N–H and O–H groups in total. The van der Waals surface area contributed by atoms with Gasteiger partial charge in [-0.05, 0) is 37.8 Å². The van der Waals surface area contributed by atoms with Crippen molar-refractivity contribution in [3.63, 3.8) is 0 Å². The van der Waals surface area contributed by atoms with Crippen LogP contribution in [0.4, 0.5) is 13.2 Å². The number of hydrogen-bond donors (Lipinski definition) is 3. The number of aliphatic carboxylic acids is 1. The number of benzene rings is 1. The first-order valence-corrected chi connectivity index (χ1v) is 8.54. The molecule has 3 rings (SSSR count). The number of hydrogen-bond acceptors (Lipinski definition) is 6. The van der Waals surface area contributed by atoms with Crippen molar-refractivity contribution in [2.75, 3.05) is 0 Å². The van der Waals surface area contributed by atoms with Crippen LogP contribution in [-0.4, -0.2) is 49.8 Å². The molecule has 158 valence electrons. The zero-order chi connectivity index (χ0) is 21.6. The fourth-order valence-electron chi connectivity index (χ4n) is 2.36. The lowest BCUT2D eigenvalue weighted by Gasteiger charge is -2.15. The molecule has 1 aromatic heterocycles. The summed E-state index contributed by atoms with van der Waals surface area (Å²) in [6, 6.07) is 4.88. The second kappa shape index (κ2) is 9.45. The number of carboxylic acids is 2. The fraction of sp³-hybridized carbons (Fsp3) is 0.375. The molecule has 0 radical (unpaired) electrons. The van der Waals surface area contributed by atoms with Crippen molar-refractivity contribution in [3.05, 3.63) is 28.9 Å². The summed E-state index contributed by atoms with van der Waals surface area (Å²) in [5, 5.41) is 25.9. The average molecular weight is 438 g/mol. The lowest BCUT2D eigenvalue weighted by atomic mass is 10.3. The molecule has 1 aliphatic rings. The molecule has 1 heterocycles. The van der Waals surface area contributed by atoms with E-state index >= 15 is 0 Å². The Labute approximate surface area is 166 Å². The van der Waals surface area contributed by atoms with Crippen LogP contribution in [0.3, 0.4) is 0 Å². The van der Waals surface area contributed by atoms with Crippen LogP contribution >= 0.6 is 11.6 Å². The summed E-state index contributed by atoms with van der Waals surface area (Å²) < 4.78 is 43.1. The normalized spacial score (nSPS) is 14.1. The number of H-pyrrole nitrogens is 1. The Balaban J connectivity index is 0.000000370. The monoisotopic (exact) mass is 437 g/mol. The molecule has 1 saturated carbocycles. The van der Waals surface area contributed by atoms with Gasteiger partial charge in [0, 0.05) is 6.07 Å². The molecule has 29 heavy (non-hydrogen) atoms. The number of carbonyl (C=O) groups is 2. The molecule has 0 amide bonds. The van der Waals surface area contributed by atoms with Gasteiger partial charge < -0.3 is 19.7 Å². The topological polar surface area (TPSA) is 135 Å². The van der Waals surface area contributed by atoms with Crippen LogP contribution in [0, 0.1) is 0 Å². The van der Waals surface area contributed by atoms with E-state index in [-0.39, 0.29) is 17.7 Å². The molecule has 0 spiro atoms. The zero-order valence-electron chi connectivity index (χ0n) is 14.6. The van der Waals surface area contributed by atoms with Gasteiger partial charge in [-0.1, -0.05) is 21.9 Å². The number of carboxylic acid groups (broad SMARTS) is 2. The molecular formula is C16H15ClF3N3O6. The molecule has 1 aromatic carbocycles. The fourth-order valence-corrected chi connectivity index (χ4v) is 2.53. The predicted molar refractivity (Wildman–Crippen MR) is 91.4 cm³/mol. The first-order valence-electron chi connectivity index (χ1n) is 8.16. The van der Waals surface area contributed by atoms with Gasteiger partial charge in [-0.3, -0.25) is 0 Å². The summed E-state index contributed by atoms with van der Waals surface area (Å²) in [7, 11) is 0. The second-order valence-corrected chi connectivity index (χ2v) is 6.23. The molecule has 1 fully saturated rings. The third kappa shape index (κ3) is 6.52. The SMILES string of the molecule is O=C(O)C(F)(F)F.O=C(O)c1[nH]nnc1Oc1ccc(Cl)c(OC2CCCC2)c1. The Morgan fingerprint density at radius 1 is 1.21 bits per heavy atom. The van der Waals surface area contributed by atoms with E-state index in [1.165, 1.54) is 0 Å². The van der Waals surface area contributed by atoms with Gasteiger partial charge in [0.2, 0.25) is 5.69 Å². The third-order valence-electron chi connectivity index (χ3n) is 3.69. The van der Waals surface area contributed by atoms with Gasteiger partial charge in [0.25, 0.3) is 5.88 Å². The maximum Gasteiger partial charge on any atom is 0.490 e. The smallest absolute Gasteiger partial charge is 0.489 e. The van der Waals surface area contributed by atoms with Crippen LogP contribution < -0.4 is 9.47 Å². The number of nitrogens with zero attached hydrogens (tertiary/aromatic N) is 2. The minimum Gasteiger partial charge on any atom is -0.489 e. The molecule has 1 aliphatic carbocycles. The van der Waals surface area contributed by atoms with E-state index in [0.717, 1.165) is 25.7 Å². The number of nitrogens with one attached hydrogen (secondary N) is 1. The minimum atomic E-state index is -5.08. The van der Waals surface area contributed by atoms with E-state index in [2.05, 4.69) is 15.4 Å². The third-order valence-corrected chi connectivity index (χ3v) is 4.00. The van der Waals surface area contributed by atoms with E-state index < -0.39 is 18.1 Å². The van der Waals surface area contributed by atoms with E-state index in [9.17, 15) is 18.0 Å². The Morgan fingerprint density at radius 2 is 1.83 bits per heavy atom. The molecule has 0 unspecified atom stereocenters. The Kier molecular flexibility index (Phi) is 7.26. The standard InChI is InChI=1S/C14H14ClN3O4.C2HF3O2/c15-10-6-5-9(7-11(10)21-8-3-1-2-4-8)22-13-12(14(19)20)16-18-17-13;3-2(4,5)1(6)7/h5-8H,1-4H2,(H,19,20)(H,16,17,18);(H,6,7). The Hall–Kier alpha value is -3.02. The summed E-state index contributed by atoms with van der Waals surface area (Å²) >= 11 is 6.13. The van der Waals surface area contributed by atoms with Crippen molar-refractivity contribution >= 4 is 23.5 Å². The number of aromatic amines is 1. The van der Waals surface area contributed by atoms with Crippen LogP contribution in [0.25, 0.3) is 0 Å². The summed E-state index contributed by atoms with van der Waals surface area (Å²) in [5.41, 5.74) is -0.215. The Morgan fingerprint density at radius 3 is 2.38 bits per heavy atom. The van der Waals surface area contributed by atoms with Crippen molar-refractivity contribution in [3.8, 4) is 17.4 Å². The lowest BCUT2D eigenvalue weighted by Crippen LogP contribution is -2.21. The Bertz CT molecular complexity index is 868. The summed E-state index contributed by atoms with van der Waals surface area (Å²) in [5.74, 6) is -3.16. The van der Waals surface area contributed by atoms with Gasteiger partial charge in [0.1, 0.15) is 11.5 Å². The van der Waals surface area contributed by atoms with E-state index in [4.69, 9.17) is 36.1 Å². The van der Waals surface area contributed by atoms with Crippen molar-refractivity contribution in [2.24, 2.45) is 0 Å². The molecule has 0 bridgehead atoms. The van der Waals surface area contributed by atoms with Gasteiger partial charge >= 0.3 is 18.1 Å². The highest BCUT2D eigenvalue weighted by atomic mass is 35.5. The van der Waals surface area contributed by atoms with Gasteiger partial charge in [0.15, 0.2) is 0 Å². The number of halogens is 4. The van der Waals surface area contributed by atoms with Crippen LogP contribution in [0.2, 0.25) is 5.02 Å². The summed E-state index contributed by atoms with van der Waals surface area (Å²) in [6.45, 7) is 0. The highest BCUT2D eigenvalue weighted by molar-refractivity contribution is 6.32. The lowest BCUT2D eigenvalue weighted by molar-refractivity contribution is -0.192. The molecular weight excluding hydrogens is 423 g/mol. The average Bonchev–Trinajstić information content (AvgIpc) is 3.29. The van der Waals surface area contributed by atoms with E-state index in [1.54, 1.807) is 18.2 Å². The molecule has 9 nitrogen and oxygen atoms in total.